The first-order valence-electron chi connectivity index (χ1n) is 6.67. The molecule has 3 aromatic rings. The van der Waals surface area contributed by atoms with Crippen molar-refractivity contribution in [2.45, 2.75) is 0 Å². The fraction of sp³-hybridized carbons (Fsp3) is 0.0588. The number of fused-ring (bicyclic) bond motifs is 1. The Labute approximate surface area is 125 Å². The minimum Gasteiger partial charge on any atom is -0.453 e. The van der Waals surface area contributed by atoms with Crippen LogP contribution in [0.1, 0.15) is 20.8 Å². The van der Waals surface area contributed by atoms with Gasteiger partial charge in [-0.15, -0.1) is 0 Å². The zero-order valence-electron chi connectivity index (χ0n) is 11.5. The second kappa shape index (κ2) is 5.81. The normalized spacial score (nSPS) is 10.6. The van der Waals surface area contributed by atoms with Crippen LogP contribution in [0.4, 0.5) is 4.39 Å². The lowest BCUT2D eigenvalue weighted by atomic mass is 10.1. The van der Waals surface area contributed by atoms with Gasteiger partial charge in [0, 0.05) is 16.5 Å². The number of ether oxygens (including phenoxy) is 1. The van der Waals surface area contributed by atoms with Crippen molar-refractivity contribution in [3.05, 3.63) is 71.7 Å². The first-order chi connectivity index (χ1) is 10.6. The highest BCUT2D eigenvalue weighted by molar-refractivity contribution is 6.00. The highest BCUT2D eigenvalue weighted by atomic mass is 19.1. The van der Waals surface area contributed by atoms with E-state index in [1.165, 1.54) is 18.2 Å². The number of halogens is 1. The van der Waals surface area contributed by atoms with E-state index in [4.69, 9.17) is 4.74 Å². The van der Waals surface area contributed by atoms with Gasteiger partial charge in [-0.1, -0.05) is 30.3 Å². The van der Waals surface area contributed by atoms with Crippen molar-refractivity contribution in [1.29, 1.82) is 0 Å². The molecule has 0 saturated carbocycles. The molecule has 4 nitrogen and oxygen atoms in total. The first-order valence-corrected chi connectivity index (χ1v) is 6.67. The number of H-pyrrole nitrogens is 1. The fourth-order valence-electron chi connectivity index (χ4n) is 2.14. The fourth-order valence-corrected chi connectivity index (χ4v) is 2.14. The number of Topliss-reactive ketones (excluding diaryl/α,β-unsaturated/α-hetero) is 1. The Bertz CT molecular complexity index is 821. The van der Waals surface area contributed by atoms with E-state index in [-0.39, 0.29) is 11.3 Å². The van der Waals surface area contributed by atoms with Crippen LogP contribution in [0.3, 0.4) is 0 Å². The molecule has 1 heterocycles. The smallest absolute Gasteiger partial charge is 0.355 e. The Balaban J connectivity index is 1.68. The molecule has 0 fully saturated rings. The zero-order chi connectivity index (χ0) is 15.5. The van der Waals surface area contributed by atoms with Gasteiger partial charge in [-0.05, 0) is 24.3 Å². The molecule has 1 aromatic heterocycles. The van der Waals surface area contributed by atoms with Gasteiger partial charge in [-0.2, -0.15) is 0 Å². The summed E-state index contributed by atoms with van der Waals surface area (Å²) in [5, 5.41) is 0.880. The Morgan fingerprint density at radius 3 is 2.64 bits per heavy atom. The molecule has 3 rings (SSSR count). The molecule has 0 radical (unpaired) electrons. The Kier molecular flexibility index (Phi) is 3.70. The molecule has 0 unspecified atom stereocenters. The Hall–Kier alpha value is -2.95. The third-order valence-corrected chi connectivity index (χ3v) is 3.23. The number of aromatic amines is 1. The molecular weight excluding hydrogens is 285 g/mol. The van der Waals surface area contributed by atoms with Crippen LogP contribution in [-0.4, -0.2) is 23.3 Å². The van der Waals surface area contributed by atoms with Gasteiger partial charge in [0.15, 0.2) is 12.4 Å². The number of aromatic nitrogens is 1. The van der Waals surface area contributed by atoms with Crippen molar-refractivity contribution in [1.82, 2.24) is 4.98 Å². The topological polar surface area (TPSA) is 59.2 Å². The Morgan fingerprint density at radius 1 is 1.05 bits per heavy atom. The van der Waals surface area contributed by atoms with Gasteiger partial charge < -0.3 is 9.72 Å². The molecule has 0 aliphatic carbocycles. The van der Waals surface area contributed by atoms with Gasteiger partial charge in [-0.25, -0.2) is 9.18 Å². The van der Waals surface area contributed by atoms with Crippen LogP contribution in [0.15, 0.2) is 54.6 Å². The zero-order valence-corrected chi connectivity index (χ0v) is 11.5. The lowest BCUT2D eigenvalue weighted by Crippen LogP contribution is -2.14. The largest absolute Gasteiger partial charge is 0.453 e. The number of hydrogen-bond acceptors (Lipinski definition) is 3. The van der Waals surface area contributed by atoms with Crippen LogP contribution >= 0.6 is 0 Å². The highest BCUT2D eigenvalue weighted by Crippen LogP contribution is 2.15. The van der Waals surface area contributed by atoms with Crippen molar-refractivity contribution in [3.63, 3.8) is 0 Å². The molecule has 0 amide bonds. The van der Waals surface area contributed by atoms with Crippen LogP contribution in [0.5, 0.6) is 0 Å². The molecular formula is C17H12FNO3. The van der Waals surface area contributed by atoms with Crippen LogP contribution in [0, 0.1) is 5.82 Å². The lowest BCUT2D eigenvalue weighted by Gasteiger charge is -2.03. The number of rotatable bonds is 4. The molecule has 0 saturated heterocycles. The number of hydrogen-bond donors (Lipinski definition) is 1. The van der Waals surface area contributed by atoms with E-state index < -0.39 is 24.2 Å². The van der Waals surface area contributed by atoms with Crippen molar-refractivity contribution in [3.8, 4) is 0 Å². The van der Waals surface area contributed by atoms with Gasteiger partial charge in [0.2, 0.25) is 0 Å². The summed E-state index contributed by atoms with van der Waals surface area (Å²) in [6, 6.07) is 14.3. The summed E-state index contributed by atoms with van der Waals surface area (Å²) in [7, 11) is 0. The Morgan fingerprint density at radius 2 is 1.86 bits per heavy atom. The highest BCUT2D eigenvalue weighted by Gasteiger charge is 2.14. The van der Waals surface area contributed by atoms with E-state index in [0.29, 0.717) is 0 Å². The maximum atomic E-state index is 13.0. The lowest BCUT2D eigenvalue weighted by molar-refractivity contribution is 0.0470. The van der Waals surface area contributed by atoms with Gasteiger partial charge in [0.25, 0.3) is 0 Å². The predicted octanol–water partition coefficient (Wildman–Crippen LogP) is 3.35. The van der Waals surface area contributed by atoms with Crippen LogP contribution in [0.2, 0.25) is 0 Å². The number of para-hydroxylation sites is 1. The summed E-state index contributed by atoms with van der Waals surface area (Å²) >= 11 is 0. The van der Waals surface area contributed by atoms with Crippen molar-refractivity contribution >= 4 is 22.7 Å². The van der Waals surface area contributed by atoms with Gasteiger partial charge in [-0.3, -0.25) is 4.79 Å². The molecule has 0 aliphatic rings. The number of benzene rings is 2. The summed E-state index contributed by atoms with van der Waals surface area (Å²) in [6.45, 7) is -0.433. The van der Waals surface area contributed by atoms with E-state index >= 15 is 0 Å². The minimum atomic E-state index is -0.624. The van der Waals surface area contributed by atoms with E-state index in [1.54, 1.807) is 6.07 Å². The maximum Gasteiger partial charge on any atom is 0.355 e. The average molecular weight is 297 g/mol. The summed E-state index contributed by atoms with van der Waals surface area (Å²) < 4.78 is 18.0. The van der Waals surface area contributed by atoms with Crippen LogP contribution in [0.25, 0.3) is 10.9 Å². The summed E-state index contributed by atoms with van der Waals surface area (Å²) in [5.74, 6) is -1.59. The van der Waals surface area contributed by atoms with Crippen molar-refractivity contribution in [2.24, 2.45) is 0 Å². The number of nitrogens with one attached hydrogen (secondary N) is 1. The second-order valence-electron chi connectivity index (χ2n) is 4.78. The van der Waals surface area contributed by atoms with Gasteiger partial charge in [0.1, 0.15) is 11.5 Å². The monoisotopic (exact) mass is 297 g/mol. The van der Waals surface area contributed by atoms with E-state index in [0.717, 1.165) is 17.0 Å². The third kappa shape index (κ3) is 2.88. The first kappa shape index (κ1) is 14.0. The molecule has 0 atom stereocenters. The molecule has 5 heteroatoms. The summed E-state index contributed by atoms with van der Waals surface area (Å²) in [6.07, 6.45) is 0. The number of ketones is 1. The van der Waals surface area contributed by atoms with E-state index in [2.05, 4.69) is 4.98 Å². The van der Waals surface area contributed by atoms with Gasteiger partial charge in [0.05, 0.1) is 0 Å². The summed E-state index contributed by atoms with van der Waals surface area (Å²) in [4.78, 5) is 26.7. The molecule has 0 aliphatic heterocycles. The van der Waals surface area contributed by atoms with E-state index in [1.807, 2.05) is 24.3 Å². The average Bonchev–Trinajstić information content (AvgIpc) is 2.96. The molecule has 110 valence electrons. The van der Waals surface area contributed by atoms with Crippen LogP contribution < -0.4 is 0 Å². The number of carbonyl (C=O) groups excluding carboxylic acids is 2. The van der Waals surface area contributed by atoms with Crippen molar-refractivity contribution in [2.75, 3.05) is 6.61 Å². The SMILES string of the molecule is O=C(COC(=O)c1cc2ccccc2[nH]1)c1cccc(F)c1. The quantitative estimate of drug-likeness (QED) is 0.593. The van der Waals surface area contributed by atoms with E-state index in [9.17, 15) is 14.0 Å². The van der Waals surface area contributed by atoms with Gasteiger partial charge >= 0.3 is 5.97 Å². The molecule has 22 heavy (non-hydrogen) atoms. The summed E-state index contributed by atoms with van der Waals surface area (Å²) in [5.41, 5.74) is 1.25. The number of esters is 1. The predicted molar refractivity (Wildman–Crippen MR) is 79.3 cm³/mol. The second-order valence-corrected chi connectivity index (χ2v) is 4.78. The van der Waals surface area contributed by atoms with Crippen molar-refractivity contribution < 1.29 is 18.7 Å². The standard InChI is InChI=1S/C17H12FNO3/c18-13-6-3-5-12(8-13)16(20)10-22-17(21)15-9-11-4-1-2-7-14(11)19-15/h1-9,19H,10H2. The molecule has 0 spiro atoms. The number of carbonyl (C=O) groups is 2. The minimum absolute atomic E-state index is 0.171. The third-order valence-electron chi connectivity index (χ3n) is 3.23. The molecule has 1 N–H and O–H groups in total. The molecule has 0 bridgehead atoms. The molecule has 2 aromatic carbocycles. The maximum absolute atomic E-state index is 13.0. The van der Waals surface area contributed by atoms with Crippen LogP contribution in [-0.2, 0) is 4.74 Å².